The molecule has 4 heterocycles. The van der Waals surface area contributed by atoms with Gasteiger partial charge in [-0.2, -0.15) is 10.2 Å². The normalized spacial score (nSPS) is 17.6. The fraction of sp³-hybridized carbons (Fsp3) is 0.321. The molecule has 0 amide bonds. The Morgan fingerprint density at radius 1 is 0.974 bits per heavy atom. The second-order valence-electron chi connectivity index (χ2n) is 9.65. The fourth-order valence-electron chi connectivity index (χ4n) is 4.89. The van der Waals surface area contributed by atoms with E-state index >= 15 is 0 Å². The van der Waals surface area contributed by atoms with Crippen LogP contribution in [0, 0.1) is 11.3 Å². The van der Waals surface area contributed by atoms with Crippen molar-refractivity contribution in [2.45, 2.75) is 18.9 Å². The molecule has 2 fully saturated rings. The van der Waals surface area contributed by atoms with Crippen molar-refractivity contribution in [1.29, 1.82) is 5.26 Å². The monoisotopic (exact) mass is 523 g/mol. The number of piperidine rings is 1. The summed E-state index contributed by atoms with van der Waals surface area (Å²) in [5, 5.41) is 27.6. The summed E-state index contributed by atoms with van der Waals surface area (Å²) in [6, 6.07) is 17.6. The van der Waals surface area contributed by atoms with Gasteiger partial charge in [0, 0.05) is 49.3 Å². The zero-order chi connectivity index (χ0) is 26.6. The first-order valence-electron chi connectivity index (χ1n) is 13.1. The molecular formula is C28H29N9O2. The number of hydrogen-bond acceptors (Lipinski definition) is 10. The molecule has 0 bridgehead atoms. The van der Waals surface area contributed by atoms with E-state index in [-0.39, 0.29) is 6.10 Å². The minimum absolute atomic E-state index is 0.356. The maximum Gasteiger partial charge on any atom is 0.245 e. The molecule has 0 radical (unpaired) electrons. The van der Waals surface area contributed by atoms with Crippen molar-refractivity contribution in [3.05, 3.63) is 66.6 Å². The molecule has 1 unspecified atom stereocenters. The first kappa shape index (κ1) is 24.8. The summed E-state index contributed by atoms with van der Waals surface area (Å²) in [4.78, 5) is 17.8. The van der Waals surface area contributed by atoms with Crippen molar-refractivity contribution in [2.24, 2.45) is 0 Å². The van der Waals surface area contributed by atoms with Gasteiger partial charge in [0.25, 0.3) is 0 Å². The molecule has 198 valence electrons. The van der Waals surface area contributed by atoms with Gasteiger partial charge >= 0.3 is 0 Å². The Morgan fingerprint density at radius 3 is 2.62 bits per heavy atom. The zero-order valence-electron chi connectivity index (χ0n) is 21.4. The van der Waals surface area contributed by atoms with E-state index in [4.69, 9.17) is 9.72 Å². The van der Waals surface area contributed by atoms with Gasteiger partial charge in [-0.3, -0.25) is 0 Å². The summed E-state index contributed by atoms with van der Waals surface area (Å²) in [5.41, 5.74) is 4.72. The number of aliphatic hydroxyl groups excluding tert-OH is 1. The van der Waals surface area contributed by atoms with Gasteiger partial charge < -0.3 is 25.0 Å². The van der Waals surface area contributed by atoms with E-state index in [9.17, 15) is 10.4 Å². The lowest BCUT2D eigenvalue weighted by Gasteiger charge is -2.32. The van der Waals surface area contributed by atoms with Crippen LogP contribution in [0.2, 0.25) is 0 Å². The van der Waals surface area contributed by atoms with E-state index < -0.39 is 0 Å². The summed E-state index contributed by atoms with van der Waals surface area (Å²) in [6.07, 6.45) is 4.78. The van der Waals surface area contributed by atoms with Crippen LogP contribution in [0.25, 0.3) is 16.9 Å². The average Bonchev–Trinajstić information content (AvgIpc) is 3.48. The van der Waals surface area contributed by atoms with Gasteiger partial charge in [-0.1, -0.05) is 0 Å². The van der Waals surface area contributed by atoms with Gasteiger partial charge in [0.15, 0.2) is 0 Å². The highest BCUT2D eigenvalue weighted by Crippen LogP contribution is 2.28. The predicted molar refractivity (Wildman–Crippen MR) is 147 cm³/mol. The van der Waals surface area contributed by atoms with Crippen molar-refractivity contribution < 1.29 is 9.84 Å². The van der Waals surface area contributed by atoms with Crippen LogP contribution < -0.4 is 15.1 Å². The van der Waals surface area contributed by atoms with E-state index in [1.807, 2.05) is 48.5 Å². The Morgan fingerprint density at radius 2 is 1.82 bits per heavy atom. The van der Waals surface area contributed by atoms with Gasteiger partial charge in [0.05, 0.1) is 42.3 Å². The third-order valence-corrected chi connectivity index (χ3v) is 6.92. The molecule has 2 aromatic heterocycles. The van der Waals surface area contributed by atoms with Crippen molar-refractivity contribution in [2.75, 3.05) is 54.5 Å². The molecule has 11 heteroatoms. The maximum atomic E-state index is 10.1. The van der Waals surface area contributed by atoms with Crippen molar-refractivity contribution in [1.82, 2.24) is 24.7 Å². The summed E-state index contributed by atoms with van der Waals surface area (Å²) in [5.74, 6) is 1.15. The highest BCUT2D eigenvalue weighted by atomic mass is 16.5. The Bertz CT molecular complexity index is 1480. The maximum absolute atomic E-state index is 10.1. The first-order chi connectivity index (χ1) is 19.1. The van der Waals surface area contributed by atoms with E-state index in [0.29, 0.717) is 42.9 Å². The number of benzene rings is 2. The summed E-state index contributed by atoms with van der Waals surface area (Å²) < 4.78 is 7.16. The highest BCUT2D eigenvalue weighted by Gasteiger charge is 2.19. The Balaban J connectivity index is 1.18. The second kappa shape index (κ2) is 11.1. The summed E-state index contributed by atoms with van der Waals surface area (Å²) in [6.45, 7) is 4.35. The second-order valence-corrected chi connectivity index (χ2v) is 9.65. The van der Waals surface area contributed by atoms with Gasteiger partial charge in [0.1, 0.15) is 6.33 Å². The highest BCUT2D eigenvalue weighted by molar-refractivity contribution is 5.70. The lowest BCUT2D eigenvalue weighted by Crippen LogP contribution is -2.38. The number of aromatic nitrogens is 5. The number of nitrogens with zero attached hydrogens (tertiary/aromatic N) is 8. The number of β-amino-alcohol motifs (C(OH)–C–C–N with tert-alkyl or cyclic N) is 1. The van der Waals surface area contributed by atoms with Crippen LogP contribution in [0.5, 0.6) is 0 Å². The summed E-state index contributed by atoms with van der Waals surface area (Å²) >= 11 is 0. The molecule has 4 aromatic rings. The summed E-state index contributed by atoms with van der Waals surface area (Å²) in [7, 11) is 0. The van der Waals surface area contributed by atoms with Crippen LogP contribution in [0.4, 0.5) is 23.3 Å². The number of rotatable bonds is 6. The predicted octanol–water partition coefficient (Wildman–Crippen LogP) is 3.14. The molecule has 0 spiro atoms. The molecule has 6 rings (SSSR count). The minimum atomic E-state index is -0.356. The Kier molecular flexibility index (Phi) is 7.03. The van der Waals surface area contributed by atoms with Gasteiger partial charge in [0.2, 0.25) is 11.9 Å². The minimum Gasteiger partial charge on any atom is -0.391 e. The fourth-order valence-corrected chi connectivity index (χ4v) is 4.89. The molecule has 2 aliphatic heterocycles. The van der Waals surface area contributed by atoms with Crippen LogP contribution in [0.3, 0.4) is 0 Å². The number of nitriles is 1. The SMILES string of the molecule is N#Cc1cc(-c2ccnc(Nc3ccc(-n4cnc(N5CCOCC5)n4)cc3)n2)cc(N2CCCC(O)C2)c1. The van der Waals surface area contributed by atoms with E-state index in [1.54, 1.807) is 17.2 Å². The van der Waals surface area contributed by atoms with Crippen LogP contribution in [0.1, 0.15) is 18.4 Å². The van der Waals surface area contributed by atoms with Crippen LogP contribution in [-0.4, -0.2) is 75.3 Å². The Labute approximate surface area is 226 Å². The first-order valence-corrected chi connectivity index (χ1v) is 13.1. The molecule has 0 aliphatic carbocycles. The van der Waals surface area contributed by atoms with E-state index in [0.717, 1.165) is 55.1 Å². The molecule has 2 aliphatic rings. The molecular weight excluding hydrogens is 494 g/mol. The molecule has 0 saturated carbocycles. The van der Waals surface area contributed by atoms with E-state index in [2.05, 4.69) is 36.3 Å². The topological polar surface area (TPSA) is 128 Å². The quantitative estimate of drug-likeness (QED) is 0.389. The lowest BCUT2D eigenvalue weighted by atomic mass is 10.0. The molecule has 2 N–H and O–H groups in total. The third kappa shape index (κ3) is 5.67. The molecule has 2 saturated heterocycles. The smallest absolute Gasteiger partial charge is 0.245 e. The van der Waals surface area contributed by atoms with Crippen molar-refractivity contribution in [3.63, 3.8) is 0 Å². The van der Waals surface area contributed by atoms with Gasteiger partial charge in [-0.05, 0) is 61.4 Å². The zero-order valence-corrected chi connectivity index (χ0v) is 21.4. The average molecular weight is 524 g/mol. The molecule has 39 heavy (non-hydrogen) atoms. The van der Waals surface area contributed by atoms with Gasteiger partial charge in [-0.25, -0.2) is 14.6 Å². The van der Waals surface area contributed by atoms with E-state index in [1.165, 1.54) is 0 Å². The Hall–Kier alpha value is -4.53. The van der Waals surface area contributed by atoms with Crippen LogP contribution in [0.15, 0.2) is 61.1 Å². The lowest BCUT2D eigenvalue weighted by molar-refractivity contribution is 0.122. The molecule has 2 aromatic carbocycles. The molecule has 11 nitrogen and oxygen atoms in total. The number of hydrogen-bond donors (Lipinski definition) is 2. The van der Waals surface area contributed by atoms with Crippen LogP contribution in [-0.2, 0) is 4.74 Å². The third-order valence-electron chi connectivity index (χ3n) is 6.92. The van der Waals surface area contributed by atoms with Crippen LogP contribution >= 0.6 is 0 Å². The standard InChI is InChI=1S/C28H29N9O2/c29-17-20-14-21(16-24(15-20)36-9-1-2-25(38)18-36)26-7-8-30-27(33-26)32-22-3-5-23(6-4-22)37-19-31-28(34-37)35-10-12-39-13-11-35/h3-8,14-16,19,25,38H,1-2,9-13,18H2,(H,30,32,33). The van der Waals surface area contributed by atoms with Crippen molar-refractivity contribution >= 4 is 23.3 Å². The number of aliphatic hydroxyl groups is 1. The largest absolute Gasteiger partial charge is 0.391 e. The number of ether oxygens (including phenoxy) is 1. The van der Waals surface area contributed by atoms with Gasteiger partial charge in [-0.15, -0.1) is 5.10 Å². The number of morpholine rings is 1. The number of nitrogens with one attached hydrogen (secondary N) is 1. The van der Waals surface area contributed by atoms with Crippen molar-refractivity contribution in [3.8, 4) is 23.0 Å². The molecule has 1 atom stereocenters. The number of anilines is 4.